The molecule has 2 aromatic rings. The van der Waals surface area contributed by atoms with Crippen molar-refractivity contribution < 1.29 is 36.2 Å². The van der Waals surface area contributed by atoms with Crippen molar-refractivity contribution in [2.75, 3.05) is 13.2 Å². The van der Waals surface area contributed by atoms with Crippen molar-refractivity contribution in [2.24, 2.45) is 0 Å². The number of carbonyl (C=O) groups is 1. The van der Waals surface area contributed by atoms with E-state index in [4.69, 9.17) is 9.47 Å². The number of benzene rings is 2. The molecule has 3 rings (SSSR count). The molecule has 0 bridgehead atoms. The molecule has 10 heteroatoms. The van der Waals surface area contributed by atoms with Crippen molar-refractivity contribution in [3.63, 3.8) is 0 Å². The highest BCUT2D eigenvalue weighted by Gasteiger charge is 2.21. The van der Waals surface area contributed by atoms with Gasteiger partial charge in [-0.3, -0.25) is 4.79 Å². The summed E-state index contributed by atoms with van der Waals surface area (Å²) in [7, 11) is -4.10. The van der Waals surface area contributed by atoms with Crippen molar-refractivity contribution in [3.8, 4) is 17.2 Å². The van der Waals surface area contributed by atoms with Gasteiger partial charge in [-0.1, -0.05) is 12.1 Å². The maximum atomic E-state index is 12.4. The number of sulfonamides is 1. The van der Waals surface area contributed by atoms with Gasteiger partial charge in [-0.05, 0) is 29.8 Å². The lowest BCUT2D eigenvalue weighted by Gasteiger charge is -2.18. The van der Waals surface area contributed by atoms with Crippen molar-refractivity contribution in [2.45, 2.75) is 17.9 Å². The van der Waals surface area contributed by atoms with Gasteiger partial charge in [0, 0.05) is 6.07 Å². The molecule has 2 aromatic carbocycles. The zero-order valence-corrected chi connectivity index (χ0v) is 14.7. The number of halogens is 2. The van der Waals surface area contributed by atoms with E-state index in [2.05, 4.69) is 4.74 Å². The predicted octanol–water partition coefficient (Wildman–Crippen LogP) is 2.11. The molecule has 0 aromatic heterocycles. The first kappa shape index (κ1) is 18.9. The van der Waals surface area contributed by atoms with E-state index in [1.165, 1.54) is 42.5 Å². The molecule has 0 spiro atoms. The lowest BCUT2D eigenvalue weighted by Crippen LogP contribution is -2.32. The molecule has 7 nitrogen and oxygen atoms in total. The Balaban J connectivity index is 1.66. The number of fused-ring (bicyclic) bond motifs is 1. The van der Waals surface area contributed by atoms with Crippen LogP contribution in [0.15, 0.2) is 47.4 Å². The molecule has 0 saturated carbocycles. The highest BCUT2D eigenvalue weighted by atomic mass is 32.2. The Morgan fingerprint density at radius 2 is 1.74 bits per heavy atom. The molecule has 144 valence electrons. The number of alkyl halides is 2. The zero-order valence-electron chi connectivity index (χ0n) is 13.9. The summed E-state index contributed by atoms with van der Waals surface area (Å²) in [6.07, 6.45) is -0.251. The first-order valence-electron chi connectivity index (χ1n) is 7.82. The Hall–Kier alpha value is -2.88. The maximum absolute atomic E-state index is 12.4. The van der Waals surface area contributed by atoms with Crippen LogP contribution in [0.2, 0.25) is 0 Å². The number of ether oxygens (including phenoxy) is 3. The van der Waals surface area contributed by atoms with Crippen molar-refractivity contribution in [1.29, 1.82) is 0 Å². The minimum Gasteiger partial charge on any atom is -0.486 e. The van der Waals surface area contributed by atoms with Crippen LogP contribution < -0.4 is 18.9 Å². The summed E-state index contributed by atoms with van der Waals surface area (Å²) in [5.74, 6) is -0.116. The van der Waals surface area contributed by atoms with Gasteiger partial charge in [-0.15, -0.1) is 0 Å². The second kappa shape index (κ2) is 7.78. The molecule has 0 atom stereocenters. The lowest BCUT2D eigenvalue weighted by molar-refractivity contribution is -0.118. The van der Waals surface area contributed by atoms with E-state index in [-0.39, 0.29) is 22.8 Å². The van der Waals surface area contributed by atoms with Crippen LogP contribution in [0, 0.1) is 0 Å². The predicted molar refractivity (Wildman–Crippen MR) is 89.5 cm³/mol. The fraction of sp³-hybridized carbons (Fsp3) is 0.235. The fourth-order valence-corrected chi connectivity index (χ4v) is 3.41. The molecule has 0 aliphatic carbocycles. The Kier molecular flexibility index (Phi) is 5.45. The first-order valence-corrected chi connectivity index (χ1v) is 9.31. The molecule has 0 radical (unpaired) electrons. The van der Waals surface area contributed by atoms with E-state index in [1.54, 1.807) is 0 Å². The van der Waals surface area contributed by atoms with Gasteiger partial charge in [0.25, 0.3) is 10.0 Å². The summed E-state index contributed by atoms with van der Waals surface area (Å²) in [4.78, 5) is 11.9. The Bertz CT molecular complexity index is 931. The maximum Gasteiger partial charge on any atom is 0.387 e. The van der Waals surface area contributed by atoms with E-state index < -0.39 is 22.5 Å². The third-order valence-corrected chi connectivity index (χ3v) is 4.96. The van der Waals surface area contributed by atoms with E-state index in [0.29, 0.717) is 24.5 Å². The number of carbonyl (C=O) groups excluding carboxylic acids is 1. The topological polar surface area (TPSA) is 90.9 Å². The minimum absolute atomic E-state index is 0.0574. The molecule has 1 amide bonds. The largest absolute Gasteiger partial charge is 0.486 e. The summed E-state index contributed by atoms with van der Waals surface area (Å²) < 4.78 is 65.8. The van der Waals surface area contributed by atoms with Gasteiger partial charge >= 0.3 is 6.61 Å². The van der Waals surface area contributed by atoms with Crippen molar-refractivity contribution >= 4 is 15.9 Å². The van der Waals surface area contributed by atoms with Gasteiger partial charge < -0.3 is 14.2 Å². The Morgan fingerprint density at radius 1 is 1.07 bits per heavy atom. The van der Waals surface area contributed by atoms with Crippen molar-refractivity contribution in [1.82, 2.24) is 4.72 Å². The molecular formula is C17H15F2NO6S. The second-order valence-electron chi connectivity index (χ2n) is 5.53. The standard InChI is InChI=1S/C17H15F2NO6S/c18-17(19)26-12-3-1-11(2-4-12)9-16(21)20-27(22,23)13-5-6-14-15(10-13)25-8-7-24-14/h1-6,10,17H,7-9H2,(H,20,21). The molecule has 27 heavy (non-hydrogen) atoms. The number of hydrogen-bond donors (Lipinski definition) is 1. The van der Waals surface area contributed by atoms with Crippen LogP contribution in [0.5, 0.6) is 17.2 Å². The smallest absolute Gasteiger partial charge is 0.387 e. The summed E-state index contributed by atoms with van der Waals surface area (Å²) in [6, 6.07) is 9.37. The molecule has 0 fully saturated rings. The number of rotatable bonds is 6. The average Bonchev–Trinajstić information content (AvgIpc) is 2.62. The van der Waals surface area contributed by atoms with Crippen LogP contribution in [-0.4, -0.2) is 34.2 Å². The molecule has 1 aliphatic rings. The number of hydrogen-bond acceptors (Lipinski definition) is 6. The third kappa shape index (κ3) is 4.85. The highest BCUT2D eigenvalue weighted by Crippen LogP contribution is 2.32. The quantitative estimate of drug-likeness (QED) is 0.800. The van der Waals surface area contributed by atoms with Crippen LogP contribution in [0.1, 0.15) is 5.56 Å². The highest BCUT2D eigenvalue weighted by molar-refractivity contribution is 7.90. The van der Waals surface area contributed by atoms with Gasteiger partial charge in [-0.25, -0.2) is 13.1 Å². The van der Waals surface area contributed by atoms with E-state index in [1.807, 2.05) is 4.72 Å². The van der Waals surface area contributed by atoms with Gasteiger partial charge in [0.15, 0.2) is 11.5 Å². The Morgan fingerprint density at radius 3 is 2.41 bits per heavy atom. The number of amides is 1. The van der Waals surface area contributed by atoms with Crippen LogP contribution >= 0.6 is 0 Å². The molecule has 1 heterocycles. The fourth-order valence-electron chi connectivity index (χ4n) is 2.41. The first-order chi connectivity index (χ1) is 12.8. The molecule has 1 N–H and O–H groups in total. The van der Waals surface area contributed by atoms with Gasteiger partial charge in [-0.2, -0.15) is 8.78 Å². The van der Waals surface area contributed by atoms with Gasteiger partial charge in [0.05, 0.1) is 11.3 Å². The summed E-state index contributed by atoms with van der Waals surface area (Å²) in [6.45, 7) is -2.28. The molecule has 0 unspecified atom stereocenters. The zero-order chi connectivity index (χ0) is 19.4. The molecule has 0 saturated heterocycles. The van der Waals surface area contributed by atoms with Crippen LogP contribution in [0.4, 0.5) is 8.78 Å². The van der Waals surface area contributed by atoms with E-state index in [0.717, 1.165) is 0 Å². The van der Waals surface area contributed by atoms with Crippen LogP contribution in [0.3, 0.4) is 0 Å². The van der Waals surface area contributed by atoms with Crippen LogP contribution in [0.25, 0.3) is 0 Å². The second-order valence-corrected chi connectivity index (χ2v) is 7.22. The minimum atomic E-state index is -4.10. The van der Waals surface area contributed by atoms with E-state index in [9.17, 15) is 22.0 Å². The van der Waals surface area contributed by atoms with E-state index >= 15 is 0 Å². The average molecular weight is 399 g/mol. The summed E-state index contributed by atoms with van der Waals surface area (Å²) >= 11 is 0. The lowest BCUT2D eigenvalue weighted by atomic mass is 10.1. The molecule has 1 aliphatic heterocycles. The Labute approximate surface area is 153 Å². The van der Waals surface area contributed by atoms with Crippen molar-refractivity contribution in [3.05, 3.63) is 48.0 Å². The summed E-state index contributed by atoms with van der Waals surface area (Å²) in [5, 5.41) is 0. The van der Waals surface area contributed by atoms with Gasteiger partial charge in [0.1, 0.15) is 19.0 Å². The molecular weight excluding hydrogens is 384 g/mol. The monoisotopic (exact) mass is 399 g/mol. The summed E-state index contributed by atoms with van der Waals surface area (Å²) in [5.41, 5.74) is 0.437. The normalized spacial score (nSPS) is 13.3. The number of nitrogens with one attached hydrogen (secondary N) is 1. The SMILES string of the molecule is O=C(Cc1ccc(OC(F)F)cc1)NS(=O)(=O)c1ccc2c(c1)OCCO2. The van der Waals surface area contributed by atoms with Crippen LogP contribution in [-0.2, 0) is 21.2 Å². The van der Waals surface area contributed by atoms with Gasteiger partial charge in [0.2, 0.25) is 5.91 Å². The third-order valence-electron chi connectivity index (χ3n) is 3.59.